The van der Waals surface area contributed by atoms with E-state index in [1.54, 1.807) is 0 Å². The molecule has 19 heavy (non-hydrogen) atoms. The van der Waals surface area contributed by atoms with Crippen molar-refractivity contribution in [1.29, 1.82) is 0 Å². The Morgan fingerprint density at radius 1 is 1.11 bits per heavy atom. The van der Waals surface area contributed by atoms with Gasteiger partial charge in [-0.1, -0.05) is 6.07 Å². The number of nitrogens with two attached hydrogens (primary N) is 1. The molecule has 0 aliphatic carbocycles. The fourth-order valence-corrected chi connectivity index (χ4v) is 1.77. The highest BCUT2D eigenvalue weighted by Gasteiger charge is 2.17. The number of halogens is 3. The van der Waals surface area contributed by atoms with Crippen molar-refractivity contribution in [3.05, 3.63) is 65.2 Å². The minimum Gasteiger partial charge on any atom is -0.271 e. The van der Waals surface area contributed by atoms with Gasteiger partial charge in [-0.05, 0) is 24.3 Å². The third-order valence-electron chi connectivity index (χ3n) is 2.78. The summed E-state index contributed by atoms with van der Waals surface area (Å²) in [5.41, 5.74) is 2.74. The molecule has 1 unspecified atom stereocenters. The van der Waals surface area contributed by atoms with Gasteiger partial charge in [-0.25, -0.2) is 13.2 Å². The molecule has 0 aliphatic rings. The second-order valence-electron chi connectivity index (χ2n) is 4.02. The molecule has 0 spiro atoms. The number of hydrogen-bond acceptors (Lipinski definition) is 3. The summed E-state index contributed by atoms with van der Waals surface area (Å²) in [6, 6.07) is 5.65. The summed E-state index contributed by atoms with van der Waals surface area (Å²) in [6.07, 6.45) is 1.00. The molecule has 6 heteroatoms. The molecule has 0 bridgehead atoms. The molecule has 1 atom stereocenters. The lowest BCUT2D eigenvalue weighted by atomic mass is 10.0. The maximum atomic E-state index is 13.5. The minimum absolute atomic E-state index is 0.0202. The summed E-state index contributed by atoms with van der Waals surface area (Å²) in [7, 11) is 0. The highest BCUT2D eigenvalue weighted by molar-refractivity contribution is 5.23. The largest absolute Gasteiger partial charge is 0.271 e. The minimum atomic E-state index is -0.651. The Balaban J connectivity index is 2.26. The fourth-order valence-electron chi connectivity index (χ4n) is 1.77. The van der Waals surface area contributed by atoms with Crippen molar-refractivity contribution in [3.63, 3.8) is 0 Å². The SMILES string of the molecule is NNC(Cc1c(F)cccc1F)c1ccc(F)cn1. The standard InChI is InChI=1S/C13H12F3N3/c14-8-4-5-12(18-7-8)13(19-17)6-9-10(15)2-1-3-11(9)16/h1-5,7,13,19H,6,17H2. The van der Waals surface area contributed by atoms with Gasteiger partial charge in [0.15, 0.2) is 0 Å². The third kappa shape index (κ3) is 3.10. The first-order valence-electron chi connectivity index (χ1n) is 5.62. The van der Waals surface area contributed by atoms with Gasteiger partial charge in [0.05, 0.1) is 17.9 Å². The predicted octanol–water partition coefficient (Wildman–Crippen LogP) is 2.25. The van der Waals surface area contributed by atoms with Crippen LogP contribution < -0.4 is 11.3 Å². The number of hydrogen-bond donors (Lipinski definition) is 2. The van der Waals surface area contributed by atoms with Crippen LogP contribution in [0.2, 0.25) is 0 Å². The van der Waals surface area contributed by atoms with Crippen molar-refractivity contribution in [2.24, 2.45) is 5.84 Å². The molecule has 0 saturated heterocycles. The van der Waals surface area contributed by atoms with Gasteiger partial charge in [0.2, 0.25) is 0 Å². The quantitative estimate of drug-likeness (QED) is 0.660. The van der Waals surface area contributed by atoms with E-state index in [9.17, 15) is 13.2 Å². The van der Waals surface area contributed by atoms with Gasteiger partial charge >= 0.3 is 0 Å². The molecule has 0 radical (unpaired) electrons. The van der Waals surface area contributed by atoms with E-state index in [-0.39, 0.29) is 12.0 Å². The summed E-state index contributed by atoms with van der Waals surface area (Å²) >= 11 is 0. The average molecular weight is 267 g/mol. The summed E-state index contributed by atoms with van der Waals surface area (Å²) < 4.78 is 39.9. The zero-order valence-corrected chi connectivity index (χ0v) is 9.91. The first kappa shape index (κ1) is 13.5. The van der Waals surface area contributed by atoms with Gasteiger partial charge in [0, 0.05) is 12.0 Å². The summed E-state index contributed by atoms with van der Waals surface area (Å²) in [6.45, 7) is 0. The molecule has 1 heterocycles. The topological polar surface area (TPSA) is 50.9 Å². The van der Waals surface area contributed by atoms with Crippen LogP contribution in [0.3, 0.4) is 0 Å². The van der Waals surface area contributed by atoms with Crippen LogP contribution in [0.4, 0.5) is 13.2 Å². The van der Waals surface area contributed by atoms with Crippen LogP contribution in [-0.2, 0) is 6.42 Å². The third-order valence-corrected chi connectivity index (χ3v) is 2.78. The normalized spacial score (nSPS) is 12.4. The second-order valence-corrected chi connectivity index (χ2v) is 4.02. The zero-order chi connectivity index (χ0) is 13.8. The predicted molar refractivity (Wildman–Crippen MR) is 64.3 cm³/mol. The van der Waals surface area contributed by atoms with E-state index in [1.807, 2.05) is 0 Å². The van der Waals surface area contributed by atoms with Crippen LogP contribution >= 0.6 is 0 Å². The molecule has 3 nitrogen and oxygen atoms in total. The van der Waals surface area contributed by atoms with Crippen LogP contribution in [0.5, 0.6) is 0 Å². The first-order valence-corrected chi connectivity index (χ1v) is 5.62. The number of aromatic nitrogens is 1. The Morgan fingerprint density at radius 2 is 1.79 bits per heavy atom. The molecule has 2 rings (SSSR count). The monoisotopic (exact) mass is 267 g/mol. The lowest BCUT2D eigenvalue weighted by Gasteiger charge is -2.16. The van der Waals surface area contributed by atoms with E-state index in [0.29, 0.717) is 5.69 Å². The van der Waals surface area contributed by atoms with Gasteiger partial charge in [0.1, 0.15) is 17.5 Å². The summed E-state index contributed by atoms with van der Waals surface area (Å²) in [5.74, 6) is 3.57. The van der Waals surface area contributed by atoms with E-state index in [4.69, 9.17) is 5.84 Å². The number of hydrazine groups is 1. The van der Waals surface area contributed by atoms with Gasteiger partial charge in [0.25, 0.3) is 0 Å². The molecule has 0 aliphatic heterocycles. The Hall–Kier alpha value is -1.92. The number of nitrogens with one attached hydrogen (secondary N) is 1. The van der Waals surface area contributed by atoms with Gasteiger partial charge in [-0.15, -0.1) is 0 Å². The number of pyridine rings is 1. The lowest BCUT2D eigenvalue weighted by Crippen LogP contribution is -2.30. The zero-order valence-electron chi connectivity index (χ0n) is 9.91. The van der Waals surface area contributed by atoms with E-state index in [0.717, 1.165) is 6.20 Å². The van der Waals surface area contributed by atoms with Crippen LogP contribution in [0.15, 0.2) is 36.5 Å². The molecule has 1 aromatic carbocycles. The smallest absolute Gasteiger partial charge is 0.141 e. The van der Waals surface area contributed by atoms with Gasteiger partial charge < -0.3 is 0 Å². The van der Waals surface area contributed by atoms with E-state index >= 15 is 0 Å². The fraction of sp³-hybridized carbons (Fsp3) is 0.154. The van der Waals surface area contributed by atoms with Crippen molar-refractivity contribution < 1.29 is 13.2 Å². The van der Waals surface area contributed by atoms with E-state index in [2.05, 4.69) is 10.4 Å². The second kappa shape index (κ2) is 5.81. The van der Waals surface area contributed by atoms with Gasteiger partial charge in [-0.2, -0.15) is 0 Å². The average Bonchev–Trinajstić information content (AvgIpc) is 2.40. The molecule has 0 fully saturated rings. The number of benzene rings is 1. The maximum Gasteiger partial charge on any atom is 0.141 e. The van der Waals surface area contributed by atoms with Crippen molar-refractivity contribution in [3.8, 4) is 0 Å². The molecule has 0 amide bonds. The van der Waals surface area contributed by atoms with Crippen LogP contribution in [0.1, 0.15) is 17.3 Å². The molecule has 0 saturated carbocycles. The summed E-state index contributed by atoms with van der Waals surface area (Å²) in [4.78, 5) is 3.84. The highest BCUT2D eigenvalue weighted by atomic mass is 19.1. The van der Waals surface area contributed by atoms with Crippen LogP contribution in [0.25, 0.3) is 0 Å². The van der Waals surface area contributed by atoms with E-state index in [1.165, 1.54) is 30.3 Å². The highest BCUT2D eigenvalue weighted by Crippen LogP contribution is 2.20. The van der Waals surface area contributed by atoms with Crippen LogP contribution in [0, 0.1) is 17.5 Å². The van der Waals surface area contributed by atoms with Crippen molar-refractivity contribution >= 4 is 0 Å². The molecule has 2 aromatic rings. The van der Waals surface area contributed by atoms with Crippen molar-refractivity contribution in [1.82, 2.24) is 10.4 Å². The molecule has 1 aromatic heterocycles. The molecule has 3 N–H and O–H groups in total. The Morgan fingerprint density at radius 3 is 2.32 bits per heavy atom. The number of nitrogens with zero attached hydrogens (tertiary/aromatic N) is 1. The summed E-state index contributed by atoms with van der Waals surface area (Å²) in [5, 5.41) is 0. The Labute approximate surface area is 108 Å². The van der Waals surface area contributed by atoms with E-state index < -0.39 is 23.5 Å². The molecular weight excluding hydrogens is 255 g/mol. The maximum absolute atomic E-state index is 13.5. The Bertz CT molecular complexity index is 537. The lowest BCUT2D eigenvalue weighted by molar-refractivity contribution is 0.491. The van der Waals surface area contributed by atoms with Gasteiger partial charge in [-0.3, -0.25) is 16.3 Å². The molecule has 100 valence electrons. The number of rotatable bonds is 4. The van der Waals surface area contributed by atoms with Crippen molar-refractivity contribution in [2.45, 2.75) is 12.5 Å². The van der Waals surface area contributed by atoms with Crippen molar-refractivity contribution in [2.75, 3.05) is 0 Å². The Kier molecular flexibility index (Phi) is 4.13. The molecular formula is C13H12F3N3. The first-order chi connectivity index (χ1) is 9.11. The van der Waals surface area contributed by atoms with Crippen LogP contribution in [-0.4, -0.2) is 4.98 Å².